The zero-order valence-corrected chi connectivity index (χ0v) is 21.6. The van der Waals surface area contributed by atoms with Crippen molar-refractivity contribution in [1.29, 1.82) is 0 Å². The molecule has 1 aromatic heterocycles. The normalized spacial score (nSPS) is 22.4. The van der Waals surface area contributed by atoms with E-state index in [1.54, 1.807) is 44.2 Å². The minimum atomic E-state index is -4.51. The Kier molecular flexibility index (Phi) is 7.60. The summed E-state index contributed by atoms with van der Waals surface area (Å²) in [6.45, 7) is 4.33. The van der Waals surface area contributed by atoms with Gasteiger partial charge >= 0.3 is 6.18 Å². The van der Waals surface area contributed by atoms with Crippen molar-refractivity contribution in [3.8, 4) is 5.75 Å². The number of alkyl halides is 3. The van der Waals surface area contributed by atoms with Crippen LogP contribution in [0.5, 0.6) is 5.75 Å². The number of carbonyl (C=O) groups is 2. The van der Waals surface area contributed by atoms with E-state index in [-0.39, 0.29) is 29.6 Å². The number of benzene rings is 1. The summed E-state index contributed by atoms with van der Waals surface area (Å²) in [5.74, 6) is 0.193. The number of pyridine rings is 1. The number of rotatable bonds is 7. The van der Waals surface area contributed by atoms with Gasteiger partial charge in [-0.2, -0.15) is 13.2 Å². The van der Waals surface area contributed by atoms with Crippen LogP contribution < -0.4 is 20.3 Å². The summed E-state index contributed by atoms with van der Waals surface area (Å²) >= 11 is 5.92. The third-order valence-corrected chi connectivity index (χ3v) is 7.17. The smallest absolute Gasteiger partial charge is 0.408 e. The fourth-order valence-electron chi connectivity index (χ4n) is 4.91. The Hall–Kier alpha value is -3.01. The molecule has 2 aliphatic rings. The second kappa shape index (κ2) is 10.4. The Morgan fingerprint density at radius 2 is 1.70 bits per heavy atom. The van der Waals surface area contributed by atoms with Crippen molar-refractivity contribution in [2.24, 2.45) is 0 Å². The number of ether oxygens (including phenoxy) is 1. The maximum absolute atomic E-state index is 13.0. The number of aromatic nitrogens is 1. The molecule has 2 amide bonds. The van der Waals surface area contributed by atoms with Crippen LogP contribution in [-0.4, -0.2) is 52.7 Å². The average molecular weight is 539 g/mol. The highest BCUT2D eigenvalue weighted by molar-refractivity contribution is 6.30. The van der Waals surface area contributed by atoms with Crippen molar-refractivity contribution in [3.63, 3.8) is 0 Å². The summed E-state index contributed by atoms with van der Waals surface area (Å²) < 4.78 is 44.1. The molecule has 2 aliphatic heterocycles. The Morgan fingerprint density at radius 3 is 2.24 bits per heavy atom. The fourth-order valence-corrected chi connectivity index (χ4v) is 5.03. The molecule has 0 saturated carbocycles. The van der Waals surface area contributed by atoms with Gasteiger partial charge in [-0.1, -0.05) is 11.6 Å². The minimum Gasteiger partial charge on any atom is -0.478 e. The molecule has 4 atom stereocenters. The number of amides is 2. The lowest BCUT2D eigenvalue weighted by Crippen LogP contribution is -2.55. The van der Waals surface area contributed by atoms with Gasteiger partial charge in [-0.15, -0.1) is 0 Å². The van der Waals surface area contributed by atoms with Gasteiger partial charge in [-0.25, -0.2) is 4.98 Å². The lowest BCUT2D eigenvalue weighted by molar-refractivity contribution is -0.149. The summed E-state index contributed by atoms with van der Waals surface area (Å²) in [5, 5.41) is 5.66. The van der Waals surface area contributed by atoms with Gasteiger partial charge < -0.3 is 20.3 Å². The molecule has 0 spiro atoms. The predicted molar refractivity (Wildman–Crippen MR) is 134 cm³/mol. The maximum atomic E-state index is 13.0. The first-order chi connectivity index (χ1) is 17.3. The van der Waals surface area contributed by atoms with E-state index in [1.807, 2.05) is 5.32 Å². The zero-order valence-electron chi connectivity index (χ0n) is 20.8. The molecule has 2 N–H and O–H groups in total. The average Bonchev–Trinajstić information content (AvgIpc) is 3.10. The van der Waals surface area contributed by atoms with E-state index >= 15 is 0 Å². The summed E-state index contributed by atoms with van der Waals surface area (Å²) in [4.78, 5) is 31.8. The quantitative estimate of drug-likeness (QED) is 0.524. The number of fused-ring (bicyclic) bond motifs is 2. The first-order valence-electron chi connectivity index (χ1n) is 12.2. The highest BCUT2D eigenvalue weighted by Gasteiger charge is 2.43. The molecular formula is C26H30ClF3N4O3. The summed E-state index contributed by atoms with van der Waals surface area (Å²) in [6.07, 6.45) is 0.124. The standard InChI is InChI=1S/C26H30ClF3N4O3/c1-15(26(28,29)30)32-23(35)16-4-11-22(31-14-16)34-19-7-8-20(34)13-18(12-19)33-24(36)25(2,3)37-21-9-5-17(27)6-10-21/h4-6,9-11,14-15,18-20H,7-8,12-13H2,1-3H3,(H,32,35)(H,33,36)/t15-,18-,19+,20-/m0/s1. The topological polar surface area (TPSA) is 83.6 Å². The lowest BCUT2D eigenvalue weighted by atomic mass is 9.96. The van der Waals surface area contributed by atoms with Crippen molar-refractivity contribution in [3.05, 3.63) is 53.2 Å². The SMILES string of the molecule is C[C@H](NC(=O)c1ccc(N2[C@@H]3CC[C@H]2C[C@@H](NC(=O)C(C)(C)Oc2ccc(Cl)cc2)C3)nc1)C(F)(F)F. The summed E-state index contributed by atoms with van der Waals surface area (Å²) in [7, 11) is 0. The van der Waals surface area contributed by atoms with Gasteiger partial charge in [0, 0.05) is 29.3 Å². The molecule has 11 heteroatoms. The van der Waals surface area contributed by atoms with Crippen molar-refractivity contribution < 1.29 is 27.5 Å². The third-order valence-electron chi connectivity index (χ3n) is 6.91. The molecule has 2 saturated heterocycles. The number of anilines is 1. The number of hydrogen-bond acceptors (Lipinski definition) is 5. The lowest BCUT2D eigenvalue weighted by Gasteiger charge is -2.40. The van der Waals surface area contributed by atoms with Crippen LogP contribution in [0.3, 0.4) is 0 Å². The molecule has 4 rings (SSSR count). The largest absolute Gasteiger partial charge is 0.478 e. The van der Waals surface area contributed by atoms with Gasteiger partial charge in [0.1, 0.15) is 17.6 Å². The van der Waals surface area contributed by atoms with E-state index in [2.05, 4.69) is 15.2 Å². The molecule has 0 unspecified atom stereocenters. The van der Waals surface area contributed by atoms with E-state index < -0.39 is 23.7 Å². The van der Waals surface area contributed by atoms with Crippen LogP contribution in [0, 0.1) is 0 Å². The summed E-state index contributed by atoms with van der Waals surface area (Å²) in [6, 6.07) is 8.33. The van der Waals surface area contributed by atoms with Gasteiger partial charge in [0.25, 0.3) is 11.8 Å². The first-order valence-corrected chi connectivity index (χ1v) is 12.6. The third kappa shape index (κ3) is 6.29. The molecule has 37 heavy (non-hydrogen) atoms. The number of hydrogen-bond donors (Lipinski definition) is 2. The van der Waals surface area contributed by atoms with Crippen LogP contribution in [0.1, 0.15) is 56.8 Å². The van der Waals surface area contributed by atoms with Crippen molar-refractivity contribution in [2.45, 2.75) is 82.4 Å². The number of nitrogens with one attached hydrogen (secondary N) is 2. The molecule has 2 aromatic rings. The summed E-state index contributed by atoms with van der Waals surface area (Å²) in [5.41, 5.74) is -1.01. The first kappa shape index (κ1) is 27.0. The maximum Gasteiger partial charge on any atom is 0.408 e. The van der Waals surface area contributed by atoms with E-state index in [0.717, 1.165) is 32.6 Å². The van der Waals surface area contributed by atoms with Crippen LogP contribution in [0.25, 0.3) is 0 Å². The molecule has 200 valence electrons. The molecule has 1 aromatic carbocycles. The van der Waals surface area contributed by atoms with Gasteiger partial charge in [-0.05, 0) is 82.9 Å². The minimum absolute atomic E-state index is 0.0248. The van der Waals surface area contributed by atoms with Crippen molar-refractivity contribution >= 4 is 29.2 Å². The second-order valence-corrected chi connectivity index (χ2v) is 10.6. The molecule has 2 fully saturated rings. The molecule has 0 radical (unpaired) electrons. The van der Waals surface area contributed by atoms with E-state index in [4.69, 9.17) is 16.3 Å². The number of piperidine rings is 1. The number of carbonyl (C=O) groups excluding carboxylic acids is 2. The van der Waals surface area contributed by atoms with Crippen LogP contribution in [0.15, 0.2) is 42.6 Å². The molecule has 0 aliphatic carbocycles. The van der Waals surface area contributed by atoms with E-state index in [9.17, 15) is 22.8 Å². The van der Waals surface area contributed by atoms with Gasteiger partial charge in [-0.3, -0.25) is 9.59 Å². The monoisotopic (exact) mass is 538 g/mol. The molecule has 7 nitrogen and oxygen atoms in total. The Labute approximate surface area is 218 Å². The van der Waals surface area contributed by atoms with Crippen LogP contribution >= 0.6 is 11.6 Å². The second-order valence-electron chi connectivity index (χ2n) is 10.1. The predicted octanol–water partition coefficient (Wildman–Crippen LogP) is 4.89. The fraction of sp³-hybridized carbons (Fsp3) is 0.500. The van der Waals surface area contributed by atoms with Gasteiger partial charge in [0.2, 0.25) is 0 Å². The zero-order chi connectivity index (χ0) is 27.0. The molecular weight excluding hydrogens is 509 g/mol. The molecule has 3 heterocycles. The Morgan fingerprint density at radius 1 is 1.08 bits per heavy atom. The highest BCUT2D eigenvalue weighted by Crippen LogP contribution is 2.39. The van der Waals surface area contributed by atoms with Gasteiger partial charge in [0.15, 0.2) is 5.60 Å². The van der Waals surface area contributed by atoms with Crippen LogP contribution in [0.2, 0.25) is 5.02 Å². The van der Waals surface area contributed by atoms with Crippen molar-refractivity contribution in [1.82, 2.24) is 15.6 Å². The van der Waals surface area contributed by atoms with Gasteiger partial charge in [0.05, 0.1) is 5.56 Å². The van der Waals surface area contributed by atoms with E-state index in [1.165, 1.54) is 12.3 Å². The Balaban J connectivity index is 1.35. The Bertz CT molecular complexity index is 1110. The van der Waals surface area contributed by atoms with E-state index in [0.29, 0.717) is 16.6 Å². The number of halogens is 4. The van der Waals surface area contributed by atoms with Crippen LogP contribution in [-0.2, 0) is 4.79 Å². The van der Waals surface area contributed by atoms with Crippen LogP contribution in [0.4, 0.5) is 19.0 Å². The highest BCUT2D eigenvalue weighted by atomic mass is 35.5. The van der Waals surface area contributed by atoms with Crippen molar-refractivity contribution in [2.75, 3.05) is 4.90 Å². The number of nitrogens with zero attached hydrogens (tertiary/aromatic N) is 2. The molecule has 2 bridgehead atoms.